The summed E-state index contributed by atoms with van der Waals surface area (Å²) in [5.41, 5.74) is 1.27. The van der Waals surface area contributed by atoms with Gasteiger partial charge in [-0.05, 0) is 48.2 Å². The Morgan fingerprint density at radius 3 is 3.12 bits per heavy atom. The molecule has 1 unspecified atom stereocenters. The molecule has 5 heteroatoms. The summed E-state index contributed by atoms with van der Waals surface area (Å²) in [7, 11) is 0. The van der Waals surface area contributed by atoms with E-state index in [2.05, 4.69) is 27.5 Å². The normalized spacial score (nSPS) is 19.4. The SMILES string of the molecule is Cl.O=C(CCc1ccsc1)NC1CCCNC1. The van der Waals surface area contributed by atoms with Crippen LogP contribution in [0.4, 0.5) is 0 Å². The largest absolute Gasteiger partial charge is 0.352 e. The summed E-state index contributed by atoms with van der Waals surface area (Å²) < 4.78 is 0. The van der Waals surface area contributed by atoms with Crippen LogP contribution in [0.1, 0.15) is 24.8 Å². The van der Waals surface area contributed by atoms with Gasteiger partial charge in [0.2, 0.25) is 5.91 Å². The van der Waals surface area contributed by atoms with E-state index in [-0.39, 0.29) is 18.3 Å². The number of thiophene rings is 1. The van der Waals surface area contributed by atoms with Crippen LogP contribution in [0.15, 0.2) is 16.8 Å². The molecule has 96 valence electrons. The summed E-state index contributed by atoms with van der Waals surface area (Å²) in [6, 6.07) is 2.42. The second kappa shape index (κ2) is 7.69. The van der Waals surface area contributed by atoms with Crippen LogP contribution in [-0.2, 0) is 11.2 Å². The number of hydrogen-bond donors (Lipinski definition) is 2. The average molecular weight is 275 g/mol. The Morgan fingerprint density at radius 1 is 1.59 bits per heavy atom. The minimum absolute atomic E-state index is 0. The number of nitrogens with one attached hydrogen (secondary N) is 2. The lowest BCUT2D eigenvalue weighted by atomic mass is 10.1. The number of carbonyl (C=O) groups excluding carboxylic acids is 1. The molecule has 0 bridgehead atoms. The van der Waals surface area contributed by atoms with Gasteiger partial charge in [-0.2, -0.15) is 11.3 Å². The van der Waals surface area contributed by atoms with E-state index in [1.54, 1.807) is 11.3 Å². The Kier molecular flexibility index (Phi) is 6.55. The van der Waals surface area contributed by atoms with Crippen LogP contribution in [0.5, 0.6) is 0 Å². The predicted octanol–water partition coefficient (Wildman–Crippen LogP) is 1.97. The molecule has 0 aromatic carbocycles. The molecule has 1 aliphatic heterocycles. The molecule has 0 aliphatic carbocycles. The molecule has 1 fully saturated rings. The van der Waals surface area contributed by atoms with Crippen LogP contribution in [0.2, 0.25) is 0 Å². The van der Waals surface area contributed by atoms with Gasteiger partial charge in [-0.3, -0.25) is 4.79 Å². The van der Waals surface area contributed by atoms with Gasteiger partial charge >= 0.3 is 0 Å². The van der Waals surface area contributed by atoms with Crippen molar-refractivity contribution in [2.45, 2.75) is 31.7 Å². The Balaban J connectivity index is 0.00000144. The van der Waals surface area contributed by atoms with E-state index >= 15 is 0 Å². The van der Waals surface area contributed by atoms with Gasteiger partial charge in [-0.25, -0.2) is 0 Å². The molecule has 0 spiro atoms. The molecule has 1 atom stereocenters. The molecule has 17 heavy (non-hydrogen) atoms. The first-order valence-corrected chi connectivity index (χ1v) is 6.80. The molecule has 0 radical (unpaired) electrons. The third-order valence-corrected chi connectivity index (χ3v) is 3.61. The van der Waals surface area contributed by atoms with Crippen molar-refractivity contribution >= 4 is 29.7 Å². The van der Waals surface area contributed by atoms with Gasteiger partial charge in [0.1, 0.15) is 0 Å². The summed E-state index contributed by atoms with van der Waals surface area (Å²) in [5.74, 6) is 0.180. The number of piperidine rings is 1. The molecule has 1 saturated heterocycles. The number of halogens is 1. The molecule has 2 N–H and O–H groups in total. The maximum Gasteiger partial charge on any atom is 0.220 e. The van der Waals surface area contributed by atoms with E-state index in [4.69, 9.17) is 0 Å². The maximum atomic E-state index is 11.7. The number of carbonyl (C=O) groups is 1. The topological polar surface area (TPSA) is 41.1 Å². The van der Waals surface area contributed by atoms with Gasteiger partial charge in [0.05, 0.1) is 0 Å². The quantitative estimate of drug-likeness (QED) is 0.881. The van der Waals surface area contributed by atoms with Gasteiger partial charge in [-0.15, -0.1) is 12.4 Å². The number of rotatable bonds is 4. The zero-order valence-electron chi connectivity index (χ0n) is 9.78. The van der Waals surface area contributed by atoms with Crippen molar-refractivity contribution < 1.29 is 4.79 Å². The Morgan fingerprint density at radius 2 is 2.47 bits per heavy atom. The molecule has 2 heterocycles. The summed E-state index contributed by atoms with van der Waals surface area (Å²) >= 11 is 1.69. The number of amides is 1. The summed E-state index contributed by atoms with van der Waals surface area (Å²) in [6.07, 6.45) is 3.73. The Labute approximate surface area is 112 Å². The van der Waals surface area contributed by atoms with Gasteiger partial charge < -0.3 is 10.6 Å². The van der Waals surface area contributed by atoms with Crippen LogP contribution in [-0.4, -0.2) is 25.0 Å². The highest BCUT2D eigenvalue weighted by molar-refractivity contribution is 7.07. The predicted molar refractivity (Wildman–Crippen MR) is 73.9 cm³/mol. The third kappa shape index (κ3) is 5.06. The number of hydrogen-bond acceptors (Lipinski definition) is 3. The van der Waals surface area contributed by atoms with Gasteiger partial charge in [0.25, 0.3) is 0 Å². The fourth-order valence-electron chi connectivity index (χ4n) is 1.97. The van der Waals surface area contributed by atoms with E-state index in [0.717, 1.165) is 32.4 Å². The average Bonchev–Trinajstić information content (AvgIpc) is 2.81. The van der Waals surface area contributed by atoms with E-state index in [1.165, 1.54) is 5.56 Å². The van der Waals surface area contributed by atoms with E-state index in [1.807, 2.05) is 0 Å². The van der Waals surface area contributed by atoms with Crippen molar-refractivity contribution in [3.63, 3.8) is 0 Å². The van der Waals surface area contributed by atoms with Crippen LogP contribution in [0.25, 0.3) is 0 Å². The molecule has 1 amide bonds. The van der Waals surface area contributed by atoms with Crippen molar-refractivity contribution in [1.82, 2.24) is 10.6 Å². The van der Waals surface area contributed by atoms with Crippen molar-refractivity contribution in [3.05, 3.63) is 22.4 Å². The Bertz CT molecular complexity index is 323. The lowest BCUT2D eigenvalue weighted by molar-refractivity contribution is -0.121. The van der Waals surface area contributed by atoms with Gasteiger partial charge in [-0.1, -0.05) is 0 Å². The fraction of sp³-hybridized carbons (Fsp3) is 0.583. The third-order valence-electron chi connectivity index (χ3n) is 2.88. The molecular formula is C12H19ClN2OS. The highest BCUT2D eigenvalue weighted by Gasteiger charge is 2.14. The molecule has 2 rings (SSSR count). The van der Waals surface area contributed by atoms with Crippen LogP contribution < -0.4 is 10.6 Å². The van der Waals surface area contributed by atoms with Crippen molar-refractivity contribution in [1.29, 1.82) is 0 Å². The fourth-order valence-corrected chi connectivity index (χ4v) is 2.67. The van der Waals surface area contributed by atoms with Crippen molar-refractivity contribution in [2.75, 3.05) is 13.1 Å². The zero-order valence-corrected chi connectivity index (χ0v) is 11.4. The van der Waals surface area contributed by atoms with E-state index in [0.29, 0.717) is 12.5 Å². The number of aryl methyl sites for hydroxylation is 1. The minimum Gasteiger partial charge on any atom is -0.352 e. The lowest BCUT2D eigenvalue weighted by Gasteiger charge is -2.23. The van der Waals surface area contributed by atoms with E-state index < -0.39 is 0 Å². The second-order valence-electron chi connectivity index (χ2n) is 4.24. The summed E-state index contributed by atoms with van der Waals surface area (Å²) in [5, 5.41) is 10.5. The molecular weight excluding hydrogens is 256 g/mol. The molecule has 3 nitrogen and oxygen atoms in total. The molecule has 0 saturated carbocycles. The summed E-state index contributed by atoms with van der Waals surface area (Å²) in [6.45, 7) is 2.01. The van der Waals surface area contributed by atoms with Crippen LogP contribution in [0.3, 0.4) is 0 Å². The van der Waals surface area contributed by atoms with Gasteiger partial charge in [0.15, 0.2) is 0 Å². The maximum absolute atomic E-state index is 11.7. The minimum atomic E-state index is 0. The second-order valence-corrected chi connectivity index (χ2v) is 5.02. The molecule has 1 aliphatic rings. The van der Waals surface area contributed by atoms with Crippen molar-refractivity contribution in [2.24, 2.45) is 0 Å². The van der Waals surface area contributed by atoms with Crippen LogP contribution >= 0.6 is 23.7 Å². The highest BCUT2D eigenvalue weighted by Crippen LogP contribution is 2.08. The summed E-state index contributed by atoms with van der Waals surface area (Å²) in [4.78, 5) is 11.7. The molecule has 1 aromatic heterocycles. The zero-order chi connectivity index (χ0) is 11.2. The van der Waals surface area contributed by atoms with E-state index in [9.17, 15) is 4.79 Å². The van der Waals surface area contributed by atoms with Gasteiger partial charge in [0, 0.05) is 19.0 Å². The molecule has 1 aromatic rings. The highest BCUT2D eigenvalue weighted by atomic mass is 35.5. The monoisotopic (exact) mass is 274 g/mol. The Hall–Kier alpha value is -0.580. The lowest BCUT2D eigenvalue weighted by Crippen LogP contribution is -2.45. The van der Waals surface area contributed by atoms with Crippen LogP contribution in [0, 0.1) is 0 Å². The first-order valence-electron chi connectivity index (χ1n) is 5.86. The van der Waals surface area contributed by atoms with Crippen molar-refractivity contribution in [3.8, 4) is 0 Å². The first-order chi connectivity index (χ1) is 7.84. The smallest absolute Gasteiger partial charge is 0.220 e. The first kappa shape index (κ1) is 14.5. The standard InChI is InChI=1S/C12H18N2OS.ClH/c15-12(4-3-10-5-7-16-9-10)14-11-2-1-6-13-8-11;/h5,7,9,11,13H,1-4,6,8H2,(H,14,15);1H.